The summed E-state index contributed by atoms with van der Waals surface area (Å²) in [6, 6.07) is 0. The van der Waals surface area contributed by atoms with Gasteiger partial charge in [-0.3, -0.25) is 0 Å². The first-order chi connectivity index (χ1) is 5.11. The maximum Gasteiger partial charge on any atom is 0.000672 e. The van der Waals surface area contributed by atoms with Crippen LogP contribution in [-0.2, 0) is 0 Å². The normalized spacial score (nSPS) is 34.6. The van der Waals surface area contributed by atoms with E-state index in [4.69, 9.17) is 0 Å². The van der Waals surface area contributed by atoms with Crippen molar-refractivity contribution in [1.29, 1.82) is 0 Å². The SMILES string of the molecule is CC(C)[C@H]1CCN(C)C[C@@H]1C. The summed E-state index contributed by atoms with van der Waals surface area (Å²) in [6.07, 6.45) is 1.40. The van der Waals surface area contributed by atoms with Crippen molar-refractivity contribution in [2.24, 2.45) is 17.8 Å². The molecule has 1 saturated heterocycles. The molecule has 2 atom stereocenters. The molecule has 66 valence electrons. The maximum absolute atomic E-state index is 2.45. The van der Waals surface area contributed by atoms with Gasteiger partial charge in [0.25, 0.3) is 0 Å². The molecule has 0 N–H and O–H groups in total. The molecule has 1 fully saturated rings. The summed E-state index contributed by atoms with van der Waals surface area (Å²) in [5.74, 6) is 2.73. The second-order valence-corrected chi connectivity index (χ2v) is 4.44. The molecule has 0 radical (unpaired) electrons. The summed E-state index contributed by atoms with van der Waals surface area (Å²) in [5.41, 5.74) is 0. The molecular weight excluding hydrogens is 134 g/mol. The fraction of sp³-hybridized carbons (Fsp3) is 1.00. The van der Waals surface area contributed by atoms with Gasteiger partial charge >= 0.3 is 0 Å². The average Bonchev–Trinajstić information content (AvgIpc) is 1.85. The third kappa shape index (κ3) is 2.19. The van der Waals surface area contributed by atoms with Crippen molar-refractivity contribution < 1.29 is 0 Å². The summed E-state index contributed by atoms with van der Waals surface area (Å²) < 4.78 is 0. The number of hydrogen-bond donors (Lipinski definition) is 0. The zero-order valence-electron chi connectivity index (χ0n) is 8.30. The van der Waals surface area contributed by atoms with Crippen LogP contribution in [0.3, 0.4) is 0 Å². The summed E-state index contributed by atoms with van der Waals surface area (Å²) in [7, 11) is 2.23. The van der Waals surface area contributed by atoms with Crippen LogP contribution >= 0.6 is 0 Å². The number of nitrogens with zero attached hydrogens (tertiary/aromatic N) is 1. The van der Waals surface area contributed by atoms with E-state index in [0.717, 1.165) is 17.8 Å². The summed E-state index contributed by atoms with van der Waals surface area (Å²) >= 11 is 0. The van der Waals surface area contributed by atoms with Crippen LogP contribution in [0, 0.1) is 17.8 Å². The van der Waals surface area contributed by atoms with Crippen molar-refractivity contribution in [3.05, 3.63) is 0 Å². The molecule has 1 rings (SSSR count). The van der Waals surface area contributed by atoms with Crippen LogP contribution < -0.4 is 0 Å². The van der Waals surface area contributed by atoms with Gasteiger partial charge in [-0.25, -0.2) is 0 Å². The molecule has 0 saturated carbocycles. The monoisotopic (exact) mass is 155 g/mol. The lowest BCUT2D eigenvalue weighted by Gasteiger charge is -2.37. The molecule has 0 bridgehead atoms. The van der Waals surface area contributed by atoms with Gasteiger partial charge in [0.05, 0.1) is 0 Å². The Hall–Kier alpha value is -0.0400. The van der Waals surface area contributed by atoms with Gasteiger partial charge in [-0.15, -0.1) is 0 Å². The summed E-state index contributed by atoms with van der Waals surface area (Å²) in [5, 5.41) is 0. The summed E-state index contributed by atoms with van der Waals surface area (Å²) in [4.78, 5) is 2.45. The van der Waals surface area contributed by atoms with Crippen LogP contribution in [0.15, 0.2) is 0 Å². The second kappa shape index (κ2) is 3.57. The van der Waals surface area contributed by atoms with E-state index in [1.165, 1.54) is 19.5 Å². The molecule has 0 aromatic carbocycles. The predicted octanol–water partition coefficient (Wildman–Crippen LogP) is 2.23. The molecule has 1 aliphatic heterocycles. The van der Waals surface area contributed by atoms with Crippen LogP contribution in [0.2, 0.25) is 0 Å². The third-order valence-corrected chi connectivity index (χ3v) is 3.03. The highest BCUT2D eigenvalue weighted by atomic mass is 15.1. The molecule has 1 nitrogen and oxygen atoms in total. The Kier molecular flexibility index (Phi) is 2.94. The van der Waals surface area contributed by atoms with Gasteiger partial charge in [-0.2, -0.15) is 0 Å². The van der Waals surface area contributed by atoms with Crippen molar-refractivity contribution in [3.63, 3.8) is 0 Å². The van der Waals surface area contributed by atoms with E-state index in [9.17, 15) is 0 Å². The van der Waals surface area contributed by atoms with E-state index < -0.39 is 0 Å². The van der Waals surface area contributed by atoms with Crippen LogP contribution in [0.25, 0.3) is 0 Å². The lowest BCUT2D eigenvalue weighted by atomic mass is 9.79. The topological polar surface area (TPSA) is 3.24 Å². The highest BCUT2D eigenvalue weighted by Crippen LogP contribution is 2.28. The van der Waals surface area contributed by atoms with E-state index in [-0.39, 0.29) is 0 Å². The molecule has 0 spiro atoms. The van der Waals surface area contributed by atoms with Crippen LogP contribution in [0.5, 0.6) is 0 Å². The predicted molar refractivity (Wildman–Crippen MR) is 49.6 cm³/mol. The van der Waals surface area contributed by atoms with E-state index in [2.05, 4.69) is 32.7 Å². The minimum absolute atomic E-state index is 0.874. The lowest BCUT2D eigenvalue weighted by Crippen LogP contribution is -2.38. The van der Waals surface area contributed by atoms with E-state index in [1.807, 2.05) is 0 Å². The fourth-order valence-corrected chi connectivity index (χ4v) is 2.36. The average molecular weight is 155 g/mol. The van der Waals surface area contributed by atoms with Crippen molar-refractivity contribution in [2.45, 2.75) is 27.2 Å². The van der Waals surface area contributed by atoms with Crippen molar-refractivity contribution >= 4 is 0 Å². The Morgan fingerprint density at radius 1 is 1.36 bits per heavy atom. The number of hydrogen-bond acceptors (Lipinski definition) is 1. The number of rotatable bonds is 1. The van der Waals surface area contributed by atoms with E-state index in [0.29, 0.717) is 0 Å². The Morgan fingerprint density at radius 2 is 2.00 bits per heavy atom. The van der Waals surface area contributed by atoms with Gasteiger partial charge in [-0.1, -0.05) is 20.8 Å². The third-order valence-electron chi connectivity index (χ3n) is 3.03. The second-order valence-electron chi connectivity index (χ2n) is 4.44. The Morgan fingerprint density at radius 3 is 2.45 bits per heavy atom. The highest BCUT2D eigenvalue weighted by molar-refractivity contribution is 4.77. The molecule has 1 aliphatic rings. The van der Waals surface area contributed by atoms with Crippen LogP contribution in [0.4, 0.5) is 0 Å². The molecule has 0 unspecified atom stereocenters. The van der Waals surface area contributed by atoms with Crippen molar-refractivity contribution in [2.75, 3.05) is 20.1 Å². The molecule has 1 heteroatoms. The number of likely N-dealkylation sites (tertiary alicyclic amines) is 1. The van der Waals surface area contributed by atoms with Gasteiger partial charge in [0.2, 0.25) is 0 Å². The Bertz CT molecular complexity index is 120. The van der Waals surface area contributed by atoms with Crippen LogP contribution in [-0.4, -0.2) is 25.0 Å². The van der Waals surface area contributed by atoms with Gasteiger partial charge in [0.15, 0.2) is 0 Å². The van der Waals surface area contributed by atoms with Gasteiger partial charge < -0.3 is 4.90 Å². The van der Waals surface area contributed by atoms with E-state index >= 15 is 0 Å². The maximum atomic E-state index is 2.45. The molecule has 0 amide bonds. The Balaban J connectivity index is 2.44. The van der Waals surface area contributed by atoms with Crippen molar-refractivity contribution in [3.8, 4) is 0 Å². The lowest BCUT2D eigenvalue weighted by molar-refractivity contribution is 0.122. The molecule has 0 aromatic rings. The van der Waals surface area contributed by atoms with Gasteiger partial charge in [0.1, 0.15) is 0 Å². The van der Waals surface area contributed by atoms with Gasteiger partial charge in [-0.05, 0) is 37.8 Å². The quantitative estimate of drug-likeness (QED) is 0.561. The minimum Gasteiger partial charge on any atom is -0.306 e. The first kappa shape index (κ1) is 9.05. The Labute approximate surface area is 70.8 Å². The smallest absolute Gasteiger partial charge is 0.000672 e. The molecule has 0 aromatic heterocycles. The fourth-order valence-electron chi connectivity index (χ4n) is 2.36. The zero-order valence-corrected chi connectivity index (χ0v) is 8.30. The minimum atomic E-state index is 0.874. The summed E-state index contributed by atoms with van der Waals surface area (Å²) in [6.45, 7) is 9.69. The molecule has 11 heavy (non-hydrogen) atoms. The number of piperidine rings is 1. The molecular formula is C10H21N. The zero-order chi connectivity index (χ0) is 8.43. The largest absolute Gasteiger partial charge is 0.306 e. The molecule has 0 aliphatic carbocycles. The van der Waals surface area contributed by atoms with Gasteiger partial charge in [0, 0.05) is 6.54 Å². The standard InChI is InChI=1S/C10H21N/c1-8(2)10-5-6-11(4)7-9(10)3/h8-10H,5-7H2,1-4H3/t9-,10+/m0/s1. The first-order valence-electron chi connectivity index (χ1n) is 4.79. The van der Waals surface area contributed by atoms with Crippen molar-refractivity contribution in [1.82, 2.24) is 4.90 Å². The highest BCUT2D eigenvalue weighted by Gasteiger charge is 2.25. The van der Waals surface area contributed by atoms with E-state index in [1.54, 1.807) is 0 Å². The van der Waals surface area contributed by atoms with Crippen LogP contribution in [0.1, 0.15) is 27.2 Å². The first-order valence-corrected chi connectivity index (χ1v) is 4.79. The molecule has 1 heterocycles.